The maximum absolute atomic E-state index is 12.4. The van der Waals surface area contributed by atoms with Crippen LogP contribution in [0.5, 0.6) is 5.75 Å². The molecular weight excluding hydrogens is 388 g/mol. The second kappa shape index (κ2) is 8.89. The highest BCUT2D eigenvalue weighted by atomic mass is 79.9. The largest absolute Gasteiger partial charge is 0.493 e. The zero-order chi connectivity index (χ0) is 18.4. The number of unbranched alkanes of at least 4 members (excludes halogenated alkanes) is 1. The van der Waals surface area contributed by atoms with Gasteiger partial charge in [-0.25, -0.2) is 9.59 Å². The molecule has 1 aromatic rings. The van der Waals surface area contributed by atoms with Crippen LogP contribution in [0.25, 0.3) is 0 Å². The second-order valence-electron chi connectivity index (χ2n) is 5.67. The normalized spacial score (nSPS) is 17.0. The first kappa shape index (κ1) is 19.3. The lowest BCUT2D eigenvalue weighted by atomic mass is 9.95. The third-order valence-corrected chi connectivity index (χ3v) is 4.30. The molecule has 0 unspecified atom stereocenters. The van der Waals surface area contributed by atoms with E-state index >= 15 is 0 Å². The van der Waals surface area contributed by atoms with E-state index in [-0.39, 0.29) is 12.6 Å². The number of urea groups is 1. The van der Waals surface area contributed by atoms with E-state index < -0.39 is 12.0 Å². The van der Waals surface area contributed by atoms with Gasteiger partial charge in [0.1, 0.15) is 5.75 Å². The van der Waals surface area contributed by atoms with Crippen LogP contribution in [-0.2, 0) is 9.53 Å². The van der Waals surface area contributed by atoms with Crippen molar-refractivity contribution >= 4 is 27.9 Å². The molecule has 0 spiro atoms. The summed E-state index contributed by atoms with van der Waals surface area (Å²) < 4.78 is 11.9. The predicted molar refractivity (Wildman–Crippen MR) is 98.3 cm³/mol. The molecule has 0 fully saturated rings. The van der Waals surface area contributed by atoms with Crippen LogP contribution in [0.3, 0.4) is 0 Å². The fraction of sp³-hybridized carbons (Fsp3) is 0.444. The summed E-state index contributed by atoms with van der Waals surface area (Å²) >= 11 is 3.45. The second-order valence-corrected chi connectivity index (χ2v) is 6.59. The van der Waals surface area contributed by atoms with Crippen molar-refractivity contribution < 1.29 is 19.1 Å². The molecule has 0 saturated heterocycles. The molecule has 0 aromatic heterocycles. The zero-order valence-electron chi connectivity index (χ0n) is 14.6. The van der Waals surface area contributed by atoms with Crippen LogP contribution in [0.1, 0.15) is 45.2 Å². The molecular formula is C18H23BrN2O4. The highest BCUT2D eigenvalue weighted by Gasteiger charge is 2.34. The first-order valence-corrected chi connectivity index (χ1v) is 9.14. The Labute approximate surface area is 156 Å². The van der Waals surface area contributed by atoms with Gasteiger partial charge in [0.25, 0.3) is 0 Å². The van der Waals surface area contributed by atoms with Crippen LogP contribution < -0.4 is 15.4 Å². The summed E-state index contributed by atoms with van der Waals surface area (Å²) in [6, 6.07) is 4.55. The highest BCUT2D eigenvalue weighted by molar-refractivity contribution is 9.10. The minimum Gasteiger partial charge on any atom is -0.493 e. The molecule has 1 aliphatic heterocycles. The Bertz CT molecular complexity index is 688. The molecule has 2 rings (SSSR count). The summed E-state index contributed by atoms with van der Waals surface area (Å²) in [6.07, 6.45) is 1.94. The van der Waals surface area contributed by atoms with Crippen molar-refractivity contribution in [1.82, 2.24) is 10.6 Å². The summed E-state index contributed by atoms with van der Waals surface area (Å²) in [7, 11) is 0. The Morgan fingerprint density at radius 3 is 2.76 bits per heavy atom. The molecule has 1 heterocycles. The maximum atomic E-state index is 12.4. The number of hydrogen-bond donors (Lipinski definition) is 2. The number of carbonyl (C=O) groups excluding carboxylic acids is 2. The Balaban J connectivity index is 2.45. The van der Waals surface area contributed by atoms with Gasteiger partial charge < -0.3 is 20.1 Å². The SMILES string of the molecule is CCCCOc1ccc(Br)cc1[C@H]1NC(=O)NC(C)=C1C(=O)OCC. The van der Waals surface area contributed by atoms with E-state index in [1.54, 1.807) is 13.8 Å². The standard InChI is InChI=1S/C18H23BrN2O4/c1-4-6-9-25-14-8-7-12(19)10-13(14)16-15(17(22)24-5-2)11(3)20-18(23)21-16/h7-8,10,16H,4-6,9H2,1-3H3,(H2,20,21,23)/t16-/m1/s1. The predicted octanol–water partition coefficient (Wildman–Crippen LogP) is 3.82. The van der Waals surface area contributed by atoms with Gasteiger partial charge in [-0.2, -0.15) is 0 Å². The lowest BCUT2D eigenvalue weighted by molar-refractivity contribution is -0.139. The van der Waals surface area contributed by atoms with E-state index in [0.29, 0.717) is 29.2 Å². The molecule has 1 aliphatic rings. The zero-order valence-corrected chi connectivity index (χ0v) is 16.2. The molecule has 1 atom stereocenters. The van der Waals surface area contributed by atoms with Crippen molar-refractivity contribution in [2.45, 2.75) is 39.7 Å². The minimum absolute atomic E-state index is 0.259. The number of halogens is 1. The Hall–Kier alpha value is -2.02. The van der Waals surface area contributed by atoms with E-state index in [9.17, 15) is 9.59 Å². The van der Waals surface area contributed by atoms with Crippen LogP contribution in [0.2, 0.25) is 0 Å². The van der Waals surface area contributed by atoms with Gasteiger partial charge in [0.15, 0.2) is 0 Å². The molecule has 6 nitrogen and oxygen atoms in total. The van der Waals surface area contributed by atoms with Crippen LogP contribution in [-0.4, -0.2) is 25.2 Å². The van der Waals surface area contributed by atoms with E-state index in [1.165, 1.54) is 0 Å². The van der Waals surface area contributed by atoms with E-state index in [2.05, 4.69) is 33.5 Å². The molecule has 2 N–H and O–H groups in total. The summed E-state index contributed by atoms with van der Waals surface area (Å²) in [4.78, 5) is 24.4. The first-order valence-electron chi connectivity index (χ1n) is 8.35. The Kier molecular flexibility index (Phi) is 6.87. The van der Waals surface area contributed by atoms with Crippen molar-refractivity contribution in [2.75, 3.05) is 13.2 Å². The minimum atomic E-state index is -0.637. The molecule has 0 radical (unpaired) electrons. The van der Waals surface area contributed by atoms with Crippen LogP contribution in [0.4, 0.5) is 4.79 Å². The fourth-order valence-electron chi connectivity index (χ4n) is 2.61. The van der Waals surface area contributed by atoms with Crippen molar-refractivity contribution in [3.8, 4) is 5.75 Å². The number of ether oxygens (including phenoxy) is 2. The topological polar surface area (TPSA) is 76.7 Å². The van der Waals surface area contributed by atoms with Gasteiger partial charge in [0.2, 0.25) is 0 Å². The van der Waals surface area contributed by atoms with Crippen LogP contribution in [0.15, 0.2) is 33.9 Å². The number of allylic oxidation sites excluding steroid dienone is 1. The molecule has 7 heteroatoms. The number of benzene rings is 1. The lowest BCUT2D eigenvalue weighted by Crippen LogP contribution is -2.45. The van der Waals surface area contributed by atoms with Crippen molar-refractivity contribution in [3.63, 3.8) is 0 Å². The van der Waals surface area contributed by atoms with Gasteiger partial charge in [-0.3, -0.25) is 0 Å². The molecule has 0 saturated carbocycles. The number of nitrogens with one attached hydrogen (secondary N) is 2. The third kappa shape index (κ3) is 4.75. The van der Waals surface area contributed by atoms with Crippen LogP contribution >= 0.6 is 15.9 Å². The first-order chi connectivity index (χ1) is 12.0. The number of carbonyl (C=O) groups is 2. The molecule has 0 bridgehead atoms. The molecule has 2 amide bonds. The number of rotatable bonds is 7. The summed E-state index contributed by atoms with van der Waals surface area (Å²) in [6.45, 7) is 6.35. The van der Waals surface area contributed by atoms with Gasteiger partial charge in [-0.1, -0.05) is 29.3 Å². The maximum Gasteiger partial charge on any atom is 0.338 e. The molecule has 25 heavy (non-hydrogen) atoms. The average molecular weight is 411 g/mol. The smallest absolute Gasteiger partial charge is 0.338 e. The van der Waals surface area contributed by atoms with Gasteiger partial charge in [0.05, 0.1) is 24.8 Å². The van der Waals surface area contributed by atoms with Gasteiger partial charge in [0, 0.05) is 15.7 Å². The Morgan fingerprint density at radius 2 is 2.08 bits per heavy atom. The highest BCUT2D eigenvalue weighted by Crippen LogP contribution is 2.35. The quantitative estimate of drug-likeness (QED) is 0.528. The van der Waals surface area contributed by atoms with Crippen molar-refractivity contribution in [2.24, 2.45) is 0 Å². The summed E-state index contributed by atoms with van der Waals surface area (Å²) in [5, 5.41) is 5.43. The van der Waals surface area contributed by atoms with Crippen molar-refractivity contribution in [1.29, 1.82) is 0 Å². The molecule has 136 valence electrons. The van der Waals surface area contributed by atoms with E-state index in [1.807, 2.05) is 18.2 Å². The number of hydrogen-bond acceptors (Lipinski definition) is 4. The summed E-state index contributed by atoms with van der Waals surface area (Å²) in [5.41, 5.74) is 1.56. The average Bonchev–Trinajstić information content (AvgIpc) is 2.55. The van der Waals surface area contributed by atoms with Gasteiger partial charge in [-0.15, -0.1) is 0 Å². The molecule has 1 aromatic carbocycles. The van der Waals surface area contributed by atoms with E-state index in [0.717, 1.165) is 17.3 Å². The van der Waals surface area contributed by atoms with Gasteiger partial charge in [-0.05, 0) is 38.5 Å². The van der Waals surface area contributed by atoms with Gasteiger partial charge >= 0.3 is 12.0 Å². The monoisotopic (exact) mass is 410 g/mol. The third-order valence-electron chi connectivity index (χ3n) is 3.80. The number of esters is 1. The van der Waals surface area contributed by atoms with Crippen molar-refractivity contribution in [3.05, 3.63) is 39.5 Å². The number of amides is 2. The molecule has 0 aliphatic carbocycles. The summed E-state index contributed by atoms with van der Waals surface area (Å²) in [5.74, 6) is 0.176. The lowest BCUT2D eigenvalue weighted by Gasteiger charge is -2.29. The van der Waals surface area contributed by atoms with Crippen LogP contribution in [0, 0.1) is 0 Å². The fourth-order valence-corrected chi connectivity index (χ4v) is 2.99. The van der Waals surface area contributed by atoms with E-state index in [4.69, 9.17) is 9.47 Å². The Morgan fingerprint density at radius 1 is 1.32 bits per heavy atom.